The van der Waals surface area contributed by atoms with E-state index in [4.69, 9.17) is 9.84 Å². The van der Waals surface area contributed by atoms with Crippen molar-refractivity contribution in [3.05, 3.63) is 23.9 Å². The van der Waals surface area contributed by atoms with Crippen LogP contribution in [0.5, 0.6) is 5.88 Å². The number of hydrogen-bond acceptors (Lipinski definition) is 3. The Morgan fingerprint density at radius 3 is 3.09 bits per heavy atom. The molecule has 0 aliphatic heterocycles. The highest BCUT2D eigenvalue weighted by Gasteiger charge is 2.00. The van der Waals surface area contributed by atoms with E-state index in [1.807, 2.05) is 12.1 Å². The van der Waals surface area contributed by atoms with Crippen LogP contribution >= 0.6 is 0 Å². The Labute approximate surface area is 65.7 Å². The van der Waals surface area contributed by atoms with Crippen molar-refractivity contribution in [3.63, 3.8) is 0 Å². The fourth-order valence-electron chi connectivity index (χ4n) is 0.919. The Balaban J connectivity index is 2.83. The fourth-order valence-corrected chi connectivity index (χ4v) is 0.919. The van der Waals surface area contributed by atoms with Crippen molar-refractivity contribution in [1.29, 1.82) is 0 Å². The van der Waals surface area contributed by atoms with Crippen LogP contribution in [0.15, 0.2) is 18.3 Å². The largest absolute Gasteiger partial charge is 0.481 e. The molecule has 0 aromatic carbocycles. The zero-order valence-corrected chi connectivity index (χ0v) is 6.45. The molecule has 1 heterocycles. The van der Waals surface area contributed by atoms with Crippen LogP contribution in [0.1, 0.15) is 5.56 Å². The molecule has 0 spiro atoms. The normalized spacial score (nSPS) is 9.64. The highest BCUT2D eigenvalue weighted by Crippen LogP contribution is 2.13. The molecule has 1 aromatic rings. The number of rotatable bonds is 3. The molecule has 3 heteroatoms. The predicted octanol–water partition coefficient (Wildman–Crippen LogP) is 0.625. The minimum atomic E-state index is 0.127. The van der Waals surface area contributed by atoms with Crippen LogP contribution in [0.3, 0.4) is 0 Å². The highest BCUT2D eigenvalue weighted by atomic mass is 16.5. The minimum absolute atomic E-state index is 0.127. The number of methoxy groups -OCH3 is 1. The van der Waals surface area contributed by atoms with Gasteiger partial charge in [-0.15, -0.1) is 0 Å². The molecule has 11 heavy (non-hydrogen) atoms. The smallest absolute Gasteiger partial charge is 0.216 e. The third kappa shape index (κ3) is 1.91. The minimum Gasteiger partial charge on any atom is -0.481 e. The quantitative estimate of drug-likeness (QED) is 0.692. The summed E-state index contributed by atoms with van der Waals surface area (Å²) in [5, 5.41) is 8.66. The van der Waals surface area contributed by atoms with E-state index in [1.165, 1.54) is 0 Å². The summed E-state index contributed by atoms with van der Waals surface area (Å²) >= 11 is 0. The van der Waals surface area contributed by atoms with Gasteiger partial charge in [0.2, 0.25) is 5.88 Å². The first-order valence-electron chi connectivity index (χ1n) is 3.47. The molecule has 0 aliphatic rings. The second-order valence-electron chi connectivity index (χ2n) is 2.15. The molecule has 0 saturated heterocycles. The van der Waals surface area contributed by atoms with Crippen LogP contribution in [-0.4, -0.2) is 23.8 Å². The number of hydrogen-bond donors (Lipinski definition) is 1. The molecular formula is C8H11NO2. The van der Waals surface area contributed by atoms with Crippen molar-refractivity contribution in [2.45, 2.75) is 6.42 Å². The van der Waals surface area contributed by atoms with Gasteiger partial charge in [-0.1, -0.05) is 6.07 Å². The SMILES string of the molecule is COc1ncccc1CCO. The van der Waals surface area contributed by atoms with E-state index in [1.54, 1.807) is 13.3 Å². The molecule has 3 nitrogen and oxygen atoms in total. The molecule has 0 atom stereocenters. The highest BCUT2D eigenvalue weighted by molar-refractivity contribution is 5.25. The van der Waals surface area contributed by atoms with Crippen molar-refractivity contribution in [1.82, 2.24) is 4.98 Å². The summed E-state index contributed by atoms with van der Waals surface area (Å²) in [5.41, 5.74) is 0.942. The number of aromatic nitrogens is 1. The summed E-state index contributed by atoms with van der Waals surface area (Å²) in [6.45, 7) is 0.127. The number of ether oxygens (including phenoxy) is 1. The van der Waals surface area contributed by atoms with E-state index >= 15 is 0 Å². The van der Waals surface area contributed by atoms with Gasteiger partial charge in [-0.2, -0.15) is 0 Å². The van der Waals surface area contributed by atoms with E-state index in [2.05, 4.69) is 4.98 Å². The van der Waals surface area contributed by atoms with Gasteiger partial charge in [-0.25, -0.2) is 4.98 Å². The summed E-state index contributed by atoms with van der Waals surface area (Å²) < 4.78 is 4.98. The van der Waals surface area contributed by atoms with Gasteiger partial charge in [0.1, 0.15) is 0 Å². The Morgan fingerprint density at radius 2 is 2.45 bits per heavy atom. The Hall–Kier alpha value is -1.09. The summed E-state index contributed by atoms with van der Waals surface area (Å²) in [4.78, 5) is 3.98. The molecule has 1 rings (SSSR count). The molecule has 0 bridgehead atoms. The second kappa shape index (κ2) is 3.93. The zero-order valence-electron chi connectivity index (χ0n) is 6.45. The van der Waals surface area contributed by atoms with E-state index in [0.717, 1.165) is 5.56 Å². The molecule has 0 saturated carbocycles. The maximum Gasteiger partial charge on any atom is 0.216 e. The van der Waals surface area contributed by atoms with Crippen LogP contribution in [0, 0.1) is 0 Å². The van der Waals surface area contributed by atoms with E-state index in [9.17, 15) is 0 Å². The van der Waals surface area contributed by atoms with E-state index in [0.29, 0.717) is 12.3 Å². The summed E-state index contributed by atoms with van der Waals surface area (Å²) in [7, 11) is 1.57. The lowest BCUT2D eigenvalue weighted by Gasteiger charge is -2.03. The van der Waals surface area contributed by atoms with Crippen molar-refractivity contribution in [2.24, 2.45) is 0 Å². The maximum atomic E-state index is 8.66. The van der Waals surface area contributed by atoms with E-state index < -0.39 is 0 Å². The van der Waals surface area contributed by atoms with Crippen molar-refractivity contribution in [3.8, 4) is 5.88 Å². The van der Waals surface area contributed by atoms with Gasteiger partial charge in [0.25, 0.3) is 0 Å². The molecular weight excluding hydrogens is 142 g/mol. The van der Waals surface area contributed by atoms with Crippen LogP contribution in [0.4, 0.5) is 0 Å². The molecule has 60 valence electrons. The summed E-state index contributed by atoms with van der Waals surface area (Å²) in [5.74, 6) is 0.599. The van der Waals surface area contributed by atoms with Gasteiger partial charge in [-0.05, 0) is 6.07 Å². The standard InChI is InChI=1S/C8H11NO2/c1-11-8-7(4-6-10)3-2-5-9-8/h2-3,5,10H,4,6H2,1H3. The molecule has 0 aliphatic carbocycles. The topological polar surface area (TPSA) is 42.4 Å². The molecule has 1 aromatic heterocycles. The summed E-state index contributed by atoms with van der Waals surface area (Å²) in [6.07, 6.45) is 2.26. The van der Waals surface area contributed by atoms with Crippen LogP contribution < -0.4 is 4.74 Å². The Bertz CT molecular complexity index is 225. The van der Waals surface area contributed by atoms with E-state index in [-0.39, 0.29) is 6.61 Å². The fraction of sp³-hybridized carbons (Fsp3) is 0.375. The number of aliphatic hydroxyl groups is 1. The molecule has 0 fully saturated rings. The second-order valence-corrected chi connectivity index (χ2v) is 2.15. The van der Waals surface area contributed by atoms with Crippen LogP contribution in [0.25, 0.3) is 0 Å². The number of pyridine rings is 1. The zero-order chi connectivity index (χ0) is 8.10. The van der Waals surface area contributed by atoms with Crippen molar-refractivity contribution in [2.75, 3.05) is 13.7 Å². The van der Waals surface area contributed by atoms with Crippen molar-refractivity contribution >= 4 is 0 Å². The molecule has 0 unspecified atom stereocenters. The predicted molar refractivity (Wildman–Crippen MR) is 41.6 cm³/mol. The van der Waals surface area contributed by atoms with Crippen molar-refractivity contribution < 1.29 is 9.84 Å². The first-order valence-corrected chi connectivity index (χ1v) is 3.47. The van der Waals surface area contributed by atoms with Crippen LogP contribution in [-0.2, 0) is 6.42 Å². The first-order chi connectivity index (χ1) is 5.38. The Kier molecular flexibility index (Phi) is 2.86. The maximum absolute atomic E-state index is 8.66. The average Bonchev–Trinajstić information content (AvgIpc) is 2.06. The van der Waals surface area contributed by atoms with Crippen LogP contribution in [0.2, 0.25) is 0 Å². The van der Waals surface area contributed by atoms with Gasteiger partial charge in [0, 0.05) is 24.8 Å². The lowest BCUT2D eigenvalue weighted by molar-refractivity contribution is 0.296. The lowest BCUT2D eigenvalue weighted by atomic mass is 10.2. The molecule has 1 N–H and O–H groups in total. The number of nitrogens with zero attached hydrogens (tertiary/aromatic N) is 1. The van der Waals surface area contributed by atoms with Gasteiger partial charge >= 0.3 is 0 Å². The van der Waals surface area contributed by atoms with Gasteiger partial charge in [0.15, 0.2) is 0 Å². The third-order valence-electron chi connectivity index (χ3n) is 1.42. The lowest BCUT2D eigenvalue weighted by Crippen LogP contribution is -1.96. The third-order valence-corrected chi connectivity index (χ3v) is 1.42. The molecule has 0 amide bonds. The average molecular weight is 153 g/mol. The van der Waals surface area contributed by atoms with Gasteiger partial charge in [0.05, 0.1) is 7.11 Å². The van der Waals surface area contributed by atoms with Gasteiger partial charge < -0.3 is 9.84 Å². The Morgan fingerprint density at radius 1 is 1.64 bits per heavy atom. The first kappa shape index (κ1) is 8.01. The number of aliphatic hydroxyl groups excluding tert-OH is 1. The monoisotopic (exact) mass is 153 g/mol. The molecule has 0 radical (unpaired) electrons. The summed E-state index contributed by atoms with van der Waals surface area (Å²) in [6, 6.07) is 3.72. The van der Waals surface area contributed by atoms with Gasteiger partial charge in [-0.3, -0.25) is 0 Å².